The second-order valence-electron chi connectivity index (χ2n) is 5.01. The molecule has 1 saturated carbocycles. The number of nitrogens with zero attached hydrogens (tertiary/aromatic N) is 1. The molecule has 0 aromatic rings. The fourth-order valence-corrected chi connectivity index (χ4v) is 1.85. The van der Waals surface area contributed by atoms with Crippen LogP contribution >= 0.6 is 12.4 Å². The third kappa shape index (κ3) is 4.71. The maximum Gasteiger partial charge on any atom is 0.239 e. The molecule has 1 amide bonds. The summed E-state index contributed by atoms with van der Waals surface area (Å²) < 4.78 is 0. The van der Waals surface area contributed by atoms with Crippen LogP contribution in [0.5, 0.6) is 0 Å². The lowest BCUT2D eigenvalue weighted by atomic mass is 10.1. The van der Waals surface area contributed by atoms with Gasteiger partial charge < -0.3 is 10.6 Å². The monoisotopic (exact) mass is 248 g/mol. The van der Waals surface area contributed by atoms with Gasteiger partial charge in [-0.3, -0.25) is 4.79 Å². The van der Waals surface area contributed by atoms with Gasteiger partial charge in [-0.25, -0.2) is 0 Å². The Balaban J connectivity index is 0.00000225. The molecule has 96 valence electrons. The van der Waals surface area contributed by atoms with Gasteiger partial charge >= 0.3 is 0 Å². The highest BCUT2D eigenvalue weighted by atomic mass is 35.5. The normalized spacial score (nSPS) is 16.8. The van der Waals surface area contributed by atoms with Crippen molar-refractivity contribution in [3.8, 4) is 0 Å². The molecular weight excluding hydrogens is 224 g/mol. The number of carbonyl (C=O) groups is 1. The van der Waals surface area contributed by atoms with Gasteiger partial charge in [0.2, 0.25) is 5.91 Å². The Morgan fingerprint density at radius 1 is 1.44 bits per heavy atom. The number of halogens is 1. The summed E-state index contributed by atoms with van der Waals surface area (Å²) in [6, 6.07) is 0.206. The minimum atomic E-state index is -0.283. The Morgan fingerprint density at radius 3 is 2.38 bits per heavy atom. The van der Waals surface area contributed by atoms with Crippen molar-refractivity contribution in [3.05, 3.63) is 0 Å². The molecule has 1 fully saturated rings. The average Bonchev–Trinajstić information content (AvgIpc) is 2.96. The van der Waals surface area contributed by atoms with E-state index in [1.807, 2.05) is 4.90 Å². The highest BCUT2D eigenvalue weighted by Crippen LogP contribution is 2.28. The predicted molar refractivity (Wildman–Crippen MR) is 69.7 cm³/mol. The van der Waals surface area contributed by atoms with E-state index < -0.39 is 0 Å². The SMILES string of the molecule is CCCC(N)C(=O)N(CC(C)C)C1CC1.Cl. The molecule has 0 aliphatic heterocycles. The third-order valence-corrected chi connectivity index (χ3v) is 2.75. The summed E-state index contributed by atoms with van der Waals surface area (Å²) in [5, 5.41) is 0. The first-order valence-corrected chi connectivity index (χ1v) is 6.12. The minimum Gasteiger partial charge on any atom is -0.338 e. The number of hydrogen-bond donors (Lipinski definition) is 1. The highest BCUT2D eigenvalue weighted by Gasteiger charge is 2.34. The van der Waals surface area contributed by atoms with Gasteiger partial charge in [0.05, 0.1) is 6.04 Å². The van der Waals surface area contributed by atoms with Gasteiger partial charge in [0.1, 0.15) is 0 Å². The second-order valence-corrected chi connectivity index (χ2v) is 5.01. The molecule has 1 aliphatic rings. The first kappa shape index (κ1) is 15.7. The summed E-state index contributed by atoms with van der Waals surface area (Å²) in [4.78, 5) is 14.1. The average molecular weight is 249 g/mol. The van der Waals surface area contributed by atoms with Crippen LogP contribution in [0.2, 0.25) is 0 Å². The predicted octanol–water partition coefficient (Wildman–Crippen LogP) is 2.18. The van der Waals surface area contributed by atoms with Crippen molar-refractivity contribution in [2.75, 3.05) is 6.54 Å². The number of hydrogen-bond acceptors (Lipinski definition) is 2. The lowest BCUT2D eigenvalue weighted by Gasteiger charge is -2.27. The molecular formula is C12H25ClN2O. The van der Waals surface area contributed by atoms with E-state index in [1.54, 1.807) is 0 Å². The summed E-state index contributed by atoms with van der Waals surface area (Å²) in [6.45, 7) is 7.22. The molecule has 0 aromatic carbocycles. The van der Waals surface area contributed by atoms with Crippen LogP contribution in [0.3, 0.4) is 0 Å². The van der Waals surface area contributed by atoms with Crippen molar-refractivity contribution in [2.45, 2.75) is 58.5 Å². The smallest absolute Gasteiger partial charge is 0.239 e. The molecule has 0 heterocycles. The molecule has 0 saturated heterocycles. The lowest BCUT2D eigenvalue weighted by molar-refractivity contribution is -0.133. The Kier molecular flexibility index (Phi) is 7.00. The molecule has 1 aliphatic carbocycles. The molecule has 0 spiro atoms. The Labute approximate surface area is 105 Å². The number of carbonyl (C=O) groups excluding carboxylic acids is 1. The molecule has 1 rings (SSSR count). The van der Waals surface area contributed by atoms with Crippen molar-refractivity contribution in [1.82, 2.24) is 4.90 Å². The Hall–Kier alpha value is -0.280. The molecule has 0 radical (unpaired) electrons. The van der Waals surface area contributed by atoms with Crippen LogP contribution in [-0.2, 0) is 4.79 Å². The number of amides is 1. The Morgan fingerprint density at radius 2 is 2.00 bits per heavy atom. The summed E-state index contributed by atoms with van der Waals surface area (Å²) in [6.07, 6.45) is 4.11. The maximum absolute atomic E-state index is 12.1. The van der Waals surface area contributed by atoms with E-state index in [0.29, 0.717) is 12.0 Å². The maximum atomic E-state index is 12.1. The summed E-state index contributed by atoms with van der Waals surface area (Å²) >= 11 is 0. The molecule has 0 bridgehead atoms. The standard InChI is InChI=1S/C12H24N2O.ClH/c1-4-5-11(13)12(15)14(8-9(2)3)10-6-7-10;/h9-11H,4-8,13H2,1-3H3;1H. The summed E-state index contributed by atoms with van der Waals surface area (Å²) in [7, 11) is 0. The highest BCUT2D eigenvalue weighted by molar-refractivity contribution is 5.85. The van der Waals surface area contributed by atoms with Gasteiger partial charge in [-0.15, -0.1) is 12.4 Å². The van der Waals surface area contributed by atoms with Crippen molar-refractivity contribution >= 4 is 18.3 Å². The zero-order valence-electron chi connectivity index (χ0n) is 10.6. The van der Waals surface area contributed by atoms with Crippen LogP contribution < -0.4 is 5.73 Å². The fourth-order valence-electron chi connectivity index (χ4n) is 1.85. The quantitative estimate of drug-likeness (QED) is 0.783. The molecule has 4 heteroatoms. The van der Waals surface area contributed by atoms with Crippen LogP contribution in [-0.4, -0.2) is 29.4 Å². The minimum absolute atomic E-state index is 0. The van der Waals surface area contributed by atoms with Gasteiger partial charge in [0, 0.05) is 12.6 Å². The third-order valence-electron chi connectivity index (χ3n) is 2.75. The van der Waals surface area contributed by atoms with E-state index in [-0.39, 0.29) is 24.4 Å². The van der Waals surface area contributed by atoms with Gasteiger partial charge in [0.25, 0.3) is 0 Å². The van der Waals surface area contributed by atoms with E-state index >= 15 is 0 Å². The summed E-state index contributed by atoms with van der Waals surface area (Å²) in [5.74, 6) is 0.691. The first-order chi connectivity index (χ1) is 7.06. The van der Waals surface area contributed by atoms with E-state index in [4.69, 9.17) is 5.73 Å². The molecule has 1 unspecified atom stereocenters. The van der Waals surface area contributed by atoms with Crippen LogP contribution in [0.4, 0.5) is 0 Å². The van der Waals surface area contributed by atoms with Crippen molar-refractivity contribution in [1.29, 1.82) is 0 Å². The van der Waals surface area contributed by atoms with Crippen LogP contribution in [0, 0.1) is 5.92 Å². The van der Waals surface area contributed by atoms with Gasteiger partial charge in [0.15, 0.2) is 0 Å². The van der Waals surface area contributed by atoms with E-state index in [0.717, 1.165) is 32.2 Å². The lowest BCUT2D eigenvalue weighted by Crippen LogP contribution is -2.46. The van der Waals surface area contributed by atoms with Crippen molar-refractivity contribution in [3.63, 3.8) is 0 Å². The zero-order valence-corrected chi connectivity index (χ0v) is 11.4. The number of rotatable bonds is 6. The first-order valence-electron chi connectivity index (χ1n) is 6.12. The van der Waals surface area contributed by atoms with Gasteiger partial charge in [-0.2, -0.15) is 0 Å². The van der Waals surface area contributed by atoms with E-state index in [9.17, 15) is 4.79 Å². The number of nitrogens with two attached hydrogens (primary N) is 1. The molecule has 16 heavy (non-hydrogen) atoms. The zero-order chi connectivity index (χ0) is 11.4. The molecule has 2 N–H and O–H groups in total. The molecule has 0 aromatic heterocycles. The van der Waals surface area contributed by atoms with E-state index in [2.05, 4.69) is 20.8 Å². The van der Waals surface area contributed by atoms with Crippen molar-refractivity contribution in [2.24, 2.45) is 11.7 Å². The van der Waals surface area contributed by atoms with E-state index in [1.165, 1.54) is 0 Å². The second kappa shape index (κ2) is 7.13. The van der Waals surface area contributed by atoms with Gasteiger partial charge in [-0.05, 0) is 25.2 Å². The largest absolute Gasteiger partial charge is 0.338 e. The topological polar surface area (TPSA) is 46.3 Å². The van der Waals surface area contributed by atoms with Crippen molar-refractivity contribution < 1.29 is 4.79 Å². The van der Waals surface area contributed by atoms with Crippen LogP contribution in [0.15, 0.2) is 0 Å². The fraction of sp³-hybridized carbons (Fsp3) is 0.917. The van der Waals surface area contributed by atoms with Gasteiger partial charge in [-0.1, -0.05) is 27.2 Å². The molecule has 3 nitrogen and oxygen atoms in total. The van der Waals surface area contributed by atoms with Crippen LogP contribution in [0.1, 0.15) is 46.5 Å². The van der Waals surface area contributed by atoms with Crippen LogP contribution in [0.25, 0.3) is 0 Å². The summed E-state index contributed by atoms with van der Waals surface area (Å²) in [5.41, 5.74) is 5.88. The molecule has 1 atom stereocenters. The Bertz CT molecular complexity index is 217.